The van der Waals surface area contributed by atoms with Gasteiger partial charge in [-0.05, 0) is 63.8 Å². The zero-order chi connectivity index (χ0) is 22.1. The van der Waals surface area contributed by atoms with Gasteiger partial charge in [-0.25, -0.2) is 0 Å². The van der Waals surface area contributed by atoms with E-state index in [0.29, 0.717) is 17.3 Å². The Morgan fingerprint density at radius 3 is 2.71 bits per heavy atom. The third kappa shape index (κ3) is 4.60. The normalized spacial score (nSPS) is 17.9. The van der Waals surface area contributed by atoms with Crippen LogP contribution in [0, 0.1) is 16.2 Å². The first kappa shape index (κ1) is 21.4. The van der Waals surface area contributed by atoms with Crippen molar-refractivity contribution in [2.45, 2.75) is 24.3 Å². The molecule has 7 nitrogen and oxygen atoms in total. The summed E-state index contributed by atoms with van der Waals surface area (Å²) in [4.78, 5) is 5.73. The molecule has 4 N–H and O–H groups in total. The first-order chi connectivity index (χ1) is 14.8. The summed E-state index contributed by atoms with van der Waals surface area (Å²) < 4.78 is 1.52. The van der Waals surface area contributed by atoms with Crippen LogP contribution in [0.3, 0.4) is 0 Å². The zero-order valence-corrected chi connectivity index (χ0v) is 19.0. The van der Waals surface area contributed by atoms with Crippen molar-refractivity contribution in [2.75, 3.05) is 39.0 Å². The average molecular weight is 436 g/mol. The molecule has 0 amide bonds. The molecule has 1 saturated heterocycles. The molecule has 0 bridgehead atoms. The predicted octanol–water partition coefficient (Wildman–Crippen LogP) is 3.33. The van der Waals surface area contributed by atoms with Crippen molar-refractivity contribution in [2.24, 2.45) is 0 Å². The Labute approximate surface area is 187 Å². The topological polar surface area (TPSA) is 95.0 Å². The second kappa shape index (κ2) is 8.72. The van der Waals surface area contributed by atoms with Crippen LogP contribution in [0.2, 0.25) is 0 Å². The molecule has 0 radical (unpaired) electrons. The molecule has 0 spiro atoms. The van der Waals surface area contributed by atoms with E-state index in [-0.39, 0.29) is 10.7 Å². The quantitative estimate of drug-likeness (QED) is 0.337. The molecular formula is C23H29N7S. The van der Waals surface area contributed by atoms with Gasteiger partial charge in [0.05, 0.1) is 6.54 Å². The lowest BCUT2D eigenvalue weighted by Gasteiger charge is -2.28. The van der Waals surface area contributed by atoms with Crippen LogP contribution < -0.4 is 10.8 Å². The van der Waals surface area contributed by atoms with Gasteiger partial charge in [-0.15, -0.1) is 0 Å². The van der Waals surface area contributed by atoms with Gasteiger partial charge in [-0.3, -0.25) is 15.4 Å². The van der Waals surface area contributed by atoms with Crippen LogP contribution >= 0.6 is 11.8 Å². The van der Waals surface area contributed by atoms with Gasteiger partial charge in [0.15, 0.2) is 5.17 Å². The number of aromatic nitrogens is 1. The minimum absolute atomic E-state index is 0.230. The van der Waals surface area contributed by atoms with Crippen molar-refractivity contribution in [3.63, 3.8) is 0 Å². The van der Waals surface area contributed by atoms with Gasteiger partial charge in [-0.1, -0.05) is 11.8 Å². The smallest absolute Gasteiger partial charge is 0.171 e. The molecule has 1 aromatic heterocycles. The highest BCUT2D eigenvalue weighted by Crippen LogP contribution is 2.31. The Balaban J connectivity index is 1.54. The number of hydrogen-bond acceptors (Lipinski definition) is 7. The number of pyridine rings is 1. The summed E-state index contributed by atoms with van der Waals surface area (Å²) in [6.45, 7) is 4.68. The molecule has 3 heterocycles. The maximum atomic E-state index is 8.52. The summed E-state index contributed by atoms with van der Waals surface area (Å²) in [5.74, 6) is 0. The van der Waals surface area contributed by atoms with Gasteiger partial charge >= 0.3 is 0 Å². The molecule has 2 aromatic rings. The Hall–Kier alpha value is -2.84. The maximum absolute atomic E-state index is 8.52. The van der Waals surface area contributed by atoms with Crippen molar-refractivity contribution in [3.8, 4) is 0 Å². The first-order valence-corrected chi connectivity index (χ1v) is 11.2. The van der Waals surface area contributed by atoms with Gasteiger partial charge in [0.1, 0.15) is 5.49 Å². The minimum Gasteiger partial charge on any atom is -0.379 e. The summed E-state index contributed by atoms with van der Waals surface area (Å²) >= 11 is 1.32. The SMILES string of the molecule is CC(=N)c1ccc(=N)n(C(=N)Sc2ccc3c(c2)C=C(N2CCC(N(C)C)C2)CN3)c1. The highest BCUT2D eigenvalue weighted by atomic mass is 32.2. The van der Waals surface area contributed by atoms with Gasteiger partial charge in [0.2, 0.25) is 0 Å². The average Bonchev–Trinajstić information content (AvgIpc) is 3.24. The van der Waals surface area contributed by atoms with E-state index in [2.05, 4.69) is 47.4 Å². The van der Waals surface area contributed by atoms with E-state index in [1.807, 2.05) is 6.07 Å². The first-order valence-electron chi connectivity index (χ1n) is 10.4. The van der Waals surface area contributed by atoms with Crippen LogP contribution in [0.1, 0.15) is 24.5 Å². The molecule has 0 saturated carbocycles. The Bertz CT molecular complexity index is 1120. The molecule has 8 heteroatoms. The van der Waals surface area contributed by atoms with Gasteiger partial charge < -0.3 is 20.5 Å². The van der Waals surface area contributed by atoms with Crippen LogP contribution in [0.4, 0.5) is 5.69 Å². The lowest BCUT2D eigenvalue weighted by molar-refractivity contribution is 0.291. The maximum Gasteiger partial charge on any atom is 0.171 e. The van der Waals surface area contributed by atoms with E-state index in [4.69, 9.17) is 16.2 Å². The number of thioether (sulfide) groups is 1. The van der Waals surface area contributed by atoms with E-state index < -0.39 is 0 Å². The summed E-state index contributed by atoms with van der Waals surface area (Å²) in [7, 11) is 4.30. The standard InChI is InChI=1S/C23H29N7S/c1-15(24)16-4-7-22(25)30(13-16)23(26)31-20-5-6-21-17(11-20)10-19(12-27-21)29-9-8-18(14-29)28(2)3/h4-7,10-11,13,18,24-27H,8-9,12,14H2,1-3H3. The number of fused-ring (bicyclic) bond motifs is 1. The van der Waals surface area contributed by atoms with Crippen molar-refractivity contribution in [3.05, 3.63) is 58.8 Å². The minimum atomic E-state index is 0.230. The molecule has 1 unspecified atom stereocenters. The Morgan fingerprint density at radius 2 is 2.00 bits per heavy atom. The molecule has 1 fully saturated rings. The van der Waals surface area contributed by atoms with E-state index >= 15 is 0 Å². The fourth-order valence-corrected chi connectivity index (χ4v) is 4.77. The highest BCUT2D eigenvalue weighted by Gasteiger charge is 2.26. The van der Waals surface area contributed by atoms with Crippen LogP contribution in [0.25, 0.3) is 6.08 Å². The number of rotatable bonds is 4. The summed E-state index contributed by atoms with van der Waals surface area (Å²) in [5, 5.41) is 28.2. The summed E-state index contributed by atoms with van der Waals surface area (Å²) in [6, 6.07) is 10.2. The van der Waals surface area contributed by atoms with E-state index in [1.165, 1.54) is 28.4 Å². The van der Waals surface area contributed by atoms with E-state index in [1.54, 1.807) is 25.3 Å². The summed E-state index contributed by atoms with van der Waals surface area (Å²) in [5.41, 5.74) is 4.92. The van der Waals surface area contributed by atoms with Crippen LogP contribution in [0.15, 0.2) is 47.1 Å². The molecule has 1 aromatic carbocycles. The van der Waals surface area contributed by atoms with Crippen molar-refractivity contribution in [1.29, 1.82) is 16.2 Å². The molecular weight excluding hydrogens is 406 g/mol. The fraction of sp³-hybridized carbons (Fsp3) is 0.348. The van der Waals surface area contributed by atoms with Crippen LogP contribution in [-0.4, -0.2) is 65.0 Å². The highest BCUT2D eigenvalue weighted by molar-refractivity contribution is 8.13. The van der Waals surface area contributed by atoms with Crippen molar-refractivity contribution in [1.82, 2.24) is 14.4 Å². The monoisotopic (exact) mass is 435 g/mol. The lowest BCUT2D eigenvalue weighted by atomic mass is 10.1. The molecule has 1 atom stereocenters. The van der Waals surface area contributed by atoms with Gasteiger partial charge in [-0.2, -0.15) is 0 Å². The van der Waals surface area contributed by atoms with Crippen molar-refractivity contribution < 1.29 is 0 Å². The van der Waals surface area contributed by atoms with Crippen molar-refractivity contribution >= 4 is 34.4 Å². The Kier molecular flexibility index (Phi) is 6.02. The van der Waals surface area contributed by atoms with Gasteiger partial charge in [0.25, 0.3) is 0 Å². The zero-order valence-electron chi connectivity index (χ0n) is 18.2. The van der Waals surface area contributed by atoms with Crippen LogP contribution in [-0.2, 0) is 0 Å². The second-order valence-corrected chi connectivity index (χ2v) is 9.36. The third-order valence-electron chi connectivity index (χ3n) is 5.92. The summed E-state index contributed by atoms with van der Waals surface area (Å²) in [6.07, 6.45) is 5.14. The third-order valence-corrected chi connectivity index (χ3v) is 6.80. The Morgan fingerprint density at radius 1 is 1.19 bits per heavy atom. The molecule has 2 aliphatic rings. The molecule has 0 aliphatic carbocycles. The second-order valence-electron chi connectivity index (χ2n) is 8.30. The number of benzene rings is 1. The fourth-order valence-electron chi connectivity index (χ4n) is 3.98. The predicted molar refractivity (Wildman–Crippen MR) is 128 cm³/mol. The molecule has 31 heavy (non-hydrogen) atoms. The number of nitrogens with one attached hydrogen (secondary N) is 4. The number of nitrogens with zero attached hydrogens (tertiary/aromatic N) is 3. The number of likely N-dealkylation sites (tertiary alicyclic amines) is 1. The van der Waals surface area contributed by atoms with E-state index in [0.717, 1.165) is 35.8 Å². The van der Waals surface area contributed by atoms with Crippen LogP contribution in [0.5, 0.6) is 0 Å². The lowest BCUT2D eigenvalue weighted by Crippen LogP contribution is -2.33. The molecule has 4 rings (SSSR count). The number of hydrogen-bond donors (Lipinski definition) is 4. The van der Waals surface area contributed by atoms with E-state index in [9.17, 15) is 0 Å². The number of anilines is 1. The largest absolute Gasteiger partial charge is 0.379 e. The molecule has 2 aliphatic heterocycles. The van der Waals surface area contributed by atoms with Gasteiger partial charge in [0, 0.05) is 58.4 Å². The number of likely N-dealkylation sites (N-methyl/N-ethyl adjacent to an activating group) is 1. The molecule has 162 valence electrons.